The first-order valence-corrected chi connectivity index (χ1v) is 7.13. The fraction of sp³-hybridized carbons (Fsp3) is 0.133. The van der Waals surface area contributed by atoms with Crippen molar-refractivity contribution in [1.29, 1.82) is 0 Å². The van der Waals surface area contributed by atoms with Gasteiger partial charge in [-0.25, -0.2) is 0 Å². The lowest BCUT2D eigenvalue weighted by atomic mass is 10.3. The molecule has 0 radical (unpaired) electrons. The summed E-state index contributed by atoms with van der Waals surface area (Å²) in [5.41, 5.74) is 1.98. The highest BCUT2D eigenvalue weighted by Crippen LogP contribution is 2.24. The van der Waals surface area contributed by atoms with Crippen molar-refractivity contribution in [3.8, 4) is 11.5 Å². The van der Waals surface area contributed by atoms with Crippen molar-refractivity contribution in [2.24, 2.45) is 0 Å². The summed E-state index contributed by atoms with van der Waals surface area (Å²) in [7, 11) is 0. The van der Waals surface area contributed by atoms with Crippen molar-refractivity contribution in [3.05, 3.63) is 61.0 Å². The maximum absolute atomic E-state index is 5.60. The second kappa shape index (κ2) is 7.45. The monoisotopic (exact) mass is 285 g/mol. The Morgan fingerprint density at radius 2 is 2.15 bits per heavy atom. The predicted octanol–water partition coefficient (Wildman–Crippen LogP) is 3.91. The van der Waals surface area contributed by atoms with E-state index in [-0.39, 0.29) is 0 Å². The van der Waals surface area contributed by atoms with Crippen LogP contribution in [0.15, 0.2) is 70.6 Å². The van der Waals surface area contributed by atoms with E-state index in [2.05, 4.69) is 21.8 Å². The Labute approximate surface area is 122 Å². The first kappa shape index (κ1) is 14.3. The minimum absolute atomic E-state index is 0.507. The van der Waals surface area contributed by atoms with Crippen LogP contribution in [0.3, 0.4) is 0 Å². The Morgan fingerprint density at radius 3 is 2.85 bits per heavy atom. The molecule has 0 unspecified atom stereocenters. The molecule has 0 saturated heterocycles. The number of nitrogens with zero attached hydrogens (tertiary/aromatic N) is 3. The van der Waals surface area contributed by atoms with Gasteiger partial charge in [0.2, 0.25) is 5.89 Å². The Hall–Kier alpha value is -2.14. The molecule has 0 amide bonds. The molecule has 102 valence electrons. The molecule has 0 N–H and O–H groups in total. The van der Waals surface area contributed by atoms with Crippen molar-refractivity contribution in [1.82, 2.24) is 15.2 Å². The molecule has 2 heterocycles. The molecule has 0 aliphatic carbocycles. The van der Waals surface area contributed by atoms with Crippen LogP contribution in [0.5, 0.6) is 0 Å². The van der Waals surface area contributed by atoms with E-state index in [1.807, 2.05) is 43.4 Å². The Kier molecular flexibility index (Phi) is 5.32. The second-order valence-corrected chi connectivity index (χ2v) is 4.80. The Morgan fingerprint density at radius 1 is 1.35 bits per heavy atom. The number of aromatic nitrogens is 3. The topological polar surface area (TPSA) is 51.8 Å². The summed E-state index contributed by atoms with van der Waals surface area (Å²) >= 11 is 1.49. The number of hydrogen-bond donors (Lipinski definition) is 0. The number of thioether (sulfide) groups is 1. The van der Waals surface area contributed by atoms with E-state index in [1.54, 1.807) is 12.4 Å². The zero-order valence-electron chi connectivity index (χ0n) is 11.2. The van der Waals surface area contributed by atoms with E-state index >= 15 is 0 Å². The molecule has 0 aromatic carbocycles. The molecule has 0 aliphatic heterocycles. The average molecular weight is 285 g/mol. The van der Waals surface area contributed by atoms with Gasteiger partial charge in [0, 0.05) is 23.7 Å². The van der Waals surface area contributed by atoms with Crippen LogP contribution in [0.25, 0.3) is 11.5 Å². The molecule has 4 nitrogen and oxygen atoms in total. The molecule has 0 bridgehead atoms. The number of pyridine rings is 1. The summed E-state index contributed by atoms with van der Waals surface area (Å²) in [6, 6.07) is 3.67. The molecule has 20 heavy (non-hydrogen) atoms. The van der Waals surface area contributed by atoms with Crippen molar-refractivity contribution >= 4 is 11.8 Å². The van der Waals surface area contributed by atoms with Gasteiger partial charge in [0.05, 0.1) is 0 Å². The highest BCUT2D eigenvalue weighted by Gasteiger charge is 2.08. The Balaban J connectivity index is 2.02. The molecule has 0 fully saturated rings. The SMILES string of the molecule is C=C/C(=C\C=C/C)CSc1nnc(-c2ccncc2)o1. The second-order valence-electron chi connectivity index (χ2n) is 3.87. The predicted molar refractivity (Wildman–Crippen MR) is 81.3 cm³/mol. The molecule has 2 aromatic heterocycles. The van der Waals surface area contributed by atoms with Gasteiger partial charge in [-0.05, 0) is 24.6 Å². The lowest BCUT2D eigenvalue weighted by molar-refractivity contribution is 0.466. The summed E-state index contributed by atoms with van der Waals surface area (Å²) in [6.07, 6.45) is 11.2. The fourth-order valence-electron chi connectivity index (χ4n) is 1.42. The van der Waals surface area contributed by atoms with Gasteiger partial charge in [-0.15, -0.1) is 10.2 Å². The minimum Gasteiger partial charge on any atom is -0.411 e. The van der Waals surface area contributed by atoms with E-state index in [0.29, 0.717) is 11.1 Å². The number of rotatable bonds is 6. The third kappa shape index (κ3) is 3.93. The zero-order valence-corrected chi connectivity index (χ0v) is 12.0. The van der Waals surface area contributed by atoms with Gasteiger partial charge in [0.1, 0.15) is 0 Å². The van der Waals surface area contributed by atoms with Crippen LogP contribution in [0.2, 0.25) is 0 Å². The number of allylic oxidation sites excluding steroid dienone is 4. The molecule has 0 spiro atoms. The van der Waals surface area contributed by atoms with Gasteiger partial charge in [0.25, 0.3) is 5.22 Å². The van der Waals surface area contributed by atoms with Crippen molar-refractivity contribution in [3.63, 3.8) is 0 Å². The van der Waals surface area contributed by atoms with E-state index in [0.717, 1.165) is 16.9 Å². The normalized spacial score (nSPS) is 11.9. The van der Waals surface area contributed by atoms with Crippen LogP contribution >= 0.6 is 11.8 Å². The van der Waals surface area contributed by atoms with Crippen molar-refractivity contribution in [2.45, 2.75) is 12.1 Å². The third-order valence-corrected chi connectivity index (χ3v) is 3.35. The van der Waals surface area contributed by atoms with E-state index in [1.165, 1.54) is 11.8 Å². The van der Waals surface area contributed by atoms with Gasteiger partial charge in [-0.3, -0.25) is 4.98 Å². The standard InChI is InChI=1S/C15H15N3OS/c1-3-5-6-12(4-2)11-20-15-18-17-14(19-15)13-7-9-16-10-8-13/h3-10H,2,11H2,1H3/b5-3-,12-6+. The quantitative estimate of drug-likeness (QED) is 0.595. The molecule has 0 atom stereocenters. The molecule has 2 aromatic rings. The molecule has 5 heteroatoms. The molecule has 0 aliphatic rings. The maximum Gasteiger partial charge on any atom is 0.277 e. The van der Waals surface area contributed by atoms with Crippen LogP contribution < -0.4 is 0 Å². The Bertz CT molecular complexity index is 617. The largest absolute Gasteiger partial charge is 0.411 e. The van der Waals surface area contributed by atoms with Gasteiger partial charge < -0.3 is 4.42 Å². The van der Waals surface area contributed by atoms with E-state index < -0.39 is 0 Å². The first-order chi connectivity index (χ1) is 9.83. The van der Waals surface area contributed by atoms with Gasteiger partial charge in [0.15, 0.2) is 0 Å². The maximum atomic E-state index is 5.60. The van der Waals surface area contributed by atoms with Crippen LogP contribution in [-0.2, 0) is 0 Å². The summed E-state index contributed by atoms with van der Waals surface area (Å²) < 4.78 is 5.60. The smallest absolute Gasteiger partial charge is 0.277 e. The lowest BCUT2D eigenvalue weighted by Gasteiger charge is -1.97. The van der Waals surface area contributed by atoms with Crippen LogP contribution in [0.4, 0.5) is 0 Å². The summed E-state index contributed by atoms with van der Waals surface area (Å²) in [5, 5.41) is 8.60. The minimum atomic E-state index is 0.507. The zero-order chi connectivity index (χ0) is 14.2. The van der Waals surface area contributed by atoms with E-state index in [4.69, 9.17) is 4.42 Å². The summed E-state index contributed by atoms with van der Waals surface area (Å²) in [5.74, 6) is 1.25. The van der Waals surface area contributed by atoms with Crippen molar-refractivity contribution < 1.29 is 4.42 Å². The van der Waals surface area contributed by atoms with Gasteiger partial charge in [-0.1, -0.05) is 42.6 Å². The van der Waals surface area contributed by atoms with Crippen molar-refractivity contribution in [2.75, 3.05) is 5.75 Å². The number of hydrogen-bond acceptors (Lipinski definition) is 5. The molecule has 0 saturated carbocycles. The van der Waals surface area contributed by atoms with Gasteiger partial charge in [-0.2, -0.15) is 0 Å². The van der Waals surface area contributed by atoms with E-state index in [9.17, 15) is 0 Å². The highest BCUT2D eigenvalue weighted by atomic mass is 32.2. The molecule has 2 rings (SSSR count). The molecular formula is C15H15N3OS. The summed E-state index contributed by atoms with van der Waals surface area (Å²) in [6.45, 7) is 5.77. The summed E-state index contributed by atoms with van der Waals surface area (Å²) in [4.78, 5) is 3.96. The first-order valence-electron chi connectivity index (χ1n) is 6.14. The third-order valence-electron chi connectivity index (χ3n) is 2.46. The lowest BCUT2D eigenvalue weighted by Crippen LogP contribution is -1.82. The van der Waals surface area contributed by atoms with Crippen LogP contribution in [0, 0.1) is 0 Å². The van der Waals surface area contributed by atoms with Crippen LogP contribution in [-0.4, -0.2) is 20.9 Å². The average Bonchev–Trinajstić information content (AvgIpc) is 2.97. The van der Waals surface area contributed by atoms with Gasteiger partial charge >= 0.3 is 0 Å². The molecular weight excluding hydrogens is 270 g/mol. The fourth-order valence-corrected chi connectivity index (χ4v) is 2.16. The van der Waals surface area contributed by atoms with Crippen LogP contribution in [0.1, 0.15) is 6.92 Å². The highest BCUT2D eigenvalue weighted by molar-refractivity contribution is 7.99.